The van der Waals surface area contributed by atoms with Gasteiger partial charge in [0.1, 0.15) is 0 Å². The topological polar surface area (TPSA) is 23.5 Å². The number of hydrogen-bond donors (Lipinski definition) is 1. The van der Waals surface area contributed by atoms with Crippen LogP contribution in [0.25, 0.3) is 0 Å². The van der Waals surface area contributed by atoms with Gasteiger partial charge in [-0.3, -0.25) is 4.90 Å². The van der Waals surface area contributed by atoms with Gasteiger partial charge in [-0.1, -0.05) is 46.6 Å². The third-order valence-electron chi connectivity index (χ3n) is 4.10. The summed E-state index contributed by atoms with van der Waals surface area (Å²) in [6, 6.07) is 0. The van der Waals surface area contributed by atoms with Gasteiger partial charge in [0.2, 0.25) is 0 Å². The van der Waals surface area contributed by atoms with Gasteiger partial charge in [0.25, 0.3) is 0 Å². The van der Waals surface area contributed by atoms with Gasteiger partial charge in [0.15, 0.2) is 0 Å². The van der Waals surface area contributed by atoms with E-state index in [0.717, 1.165) is 45.3 Å². The number of nitrogens with zero attached hydrogens (tertiary/aromatic N) is 1. The summed E-state index contributed by atoms with van der Waals surface area (Å²) in [5.41, 5.74) is 5.63. The largest absolute Gasteiger partial charge is 0.392 e. The second-order valence-electron chi connectivity index (χ2n) is 7.81. The van der Waals surface area contributed by atoms with E-state index in [2.05, 4.69) is 70.7 Å². The summed E-state index contributed by atoms with van der Waals surface area (Å²) in [5.74, 6) is 0. The molecule has 0 aromatic rings. The first-order valence-corrected chi connectivity index (χ1v) is 9.69. The van der Waals surface area contributed by atoms with E-state index in [1.165, 1.54) is 22.3 Å². The quantitative estimate of drug-likeness (QED) is 0.434. The molecule has 0 aromatic carbocycles. The molecule has 25 heavy (non-hydrogen) atoms. The van der Waals surface area contributed by atoms with Crippen molar-refractivity contribution in [3.63, 3.8) is 0 Å². The molecule has 0 radical (unpaired) electrons. The zero-order valence-corrected chi connectivity index (χ0v) is 17.7. The van der Waals surface area contributed by atoms with Crippen molar-refractivity contribution in [1.29, 1.82) is 0 Å². The Labute approximate surface area is 157 Å². The van der Waals surface area contributed by atoms with Crippen LogP contribution >= 0.6 is 0 Å². The molecule has 0 aliphatic heterocycles. The van der Waals surface area contributed by atoms with Crippen LogP contribution in [0.5, 0.6) is 0 Å². The molecule has 0 saturated heterocycles. The van der Waals surface area contributed by atoms with Crippen molar-refractivity contribution in [2.75, 3.05) is 19.6 Å². The summed E-state index contributed by atoms with van der Waals surface area (Å²) in [6.07, 6.45) is 13.4. The molecule has 1 N–H and O–H groups in total. The highest BCUT2D eigenvalue weighted by atomic mass is 16.3. The van der Waals surface area contributed by atoms with E-state index in [1.807, 2.05) is 6.92 Å². The van der Waals surface area contributed by atoms with Crippen LogP contribution in [0.15, 0.2) is 46.6 Å². The van der Waals surface area contributed by atoms with Crippen molar-refractivity contribution in [2.45, 2.75) is 80.3 Å². The minimum absolute atomic E-state index is 0.293. The fourth-order valence-electron chi connectivity index (χ4n) is 2.55. The SMILES string of the molecule is CC(C)=CCC/C(C)=C/CN(C/C=C(\C)CCC=C(C)C)CC(C)O. The Kier molecular flexibility index (Phi) is 13.5. The first kappa shape index (κ1) is 23.9. The third-order valence-corrected chi connectivity index (χ3v) is 4.10. The summed E-state index contributed by atoms with van der Waals surface area (Å²) < 4.78 is 0. The lowest BCUT2D eigenvalue weighted by molar-refractivity contribution is 0.140. The summed E-state index contributed by atoms with van der Waals surface area (Å²) in [5, 5.41) is 9.76. The fraction of sp³-hybridized carbons (Fsp3) is 0.652. The average molecular weight is 348 g/mol. The lowest BCUT2D eigenvalue weighted by atomic mass is 10.1. The van der Waals surface area contributed by atoms with Crippen LogP contribution in [0.2, 0.25) is 0 Å². The van der Waals surface area contributed by atoms with Gasteiger partial charge in [-0.2, -0.15) is 0 Å². The highest BCUT2D eigenvalue weighted by Crippen LogP contribution is 2.09. The first-order chi connectivity index (χ1) is 11.7. The Bertz CT molecular complexity index is 432. The highest BCUT2D eigenvalue weighted by Gasteiger charge is 2.06. The van der Waals surface area contributed by atoms with E-state index in [9.17, 15) is 5.11 Å². The second kappa shape index (κ2) is 14.1. The normalized spacial score (nSPS) is 13.8. The zero-order valence-electron chi connectivity index (χ0n) is 17.7. The Morgan fingerprint density at radius 2 is 1.16 bits per heavy atom. The third kappa shape index (κ3) is 16.1. The van der Waals surface area contributed by atoms with Crippen LogP contribution in [0.1, 0.15) is 74.1 Å². The van der Waals surface area contributed by atoms with Crippen molar-refractivity contribution in [1.82, 2.24) is 4.90 Å². The maximum atomic E-state index is 9.76. The van der Waals surface area contributed by atoms with Crippen LogP contribution in [-0.2, 0) is 0 Å². The number of rotatable bonds is 12. The predicted octanol–water partition coefficient (Wildman–Crippen LogP) is 6.05. The molecule has 0 rings (SSSR count). The molecule has 0 heterocycles. The van der Waals surface area contributed by atoms with Crippen LogP contribution in [0, 0.1) is 0 Å². The summed E-state index contributed by atoms with van der Waals surface area (Å²) in [6.45, 7) is 17.4. The summed E-state index contributed by atoms with van der Waals surface area (Å²) >= 11 is 0. The van der Waals surface area contributed by atoms with Gasteiger partial charge in [0.05, 0.1) is 6.10 Å². The molecule has 0 aliphatic carbocycles. The van der Waals surface area contributed by atoms with Gasteiger partial charge < -0.3 is 5.11 Å². The molecular weight excluding hydrogens is 306 g/mol. The molecule has 0 fully saturated rings. The van der Waals surface area contributed by atoms with E-state index >= 15 is 0 Å². The van der Waals surface area contributed by atoms with E-state index in [-0.39, 0.29) is 6.10 Å². The number of aliphatic hydroxyl groups is 1. The molecular formula is C23H41NO. The van der Waals surface area contributed by atoms with Gasteiger partial charge in [-0.05, 0) is 74.1 Å². The Morgan fingerprint density at radius 3 is 1.48 bits per heavy atom. The minimum Gasteiger partial charge on any atom is -0.392 e. The first-order valence-electron chi connectivity index (χ1n) is 9.69. The predicted molar refractivity (Wildman–Crippen MR) is 113 cm³/mol. The molecule has 0 bridgehead atoms. The standard InChI is InChI=1S/C23H41NO/c1-19(2)10-8-12-21(5)14-16-24(18-23(7)25)17-15-22(6)13-9-11-20(3)4/h10-11,14-15,23,25H,8-9,12-13,16-18H2,1-7H3/b21-14+,22-15+. The van der Waals surface area contributed by atoms with Crippen molar-refractivity contribution >= 4 is 0 Å². The average Bonchev–Trinajstić information content (AvgIpc) is 2.48. The van der Waals surface area contributed by atoms with Gasteiger partial charge >= 0.3 is 0 Å². The molecule has 1 unspecified atom stereocenters. The van der Waals surface area contributed by atoms with E-state index < -0.39 is 0 Å². The van der Waals surface area contributed by atoms with Crippen molar-refractivity contribution < 1.29 is 5.11 Å². The van der Waals surface area contributed by atoms with Gasteiger partial charge in [-0.15, -0.1) is 0 Å². The number of aliphatic hydroxyl groups excluding tert-OH is 1. The van der Waals surface area contributed by atoms with Gasteiger partial charge in [-0.25, -0.2) is 0 Å². The van der Waals surface area contributed by atoms with Crippen LogP contribution in [0.4, 0.5) is 0 Å². The Balaban J connectivity index is 4.53. The molecule has 144 valence electrons. The Morgan fingerprint density at radius 1 is 0.760 bits per heavy atom. The molecule has 1 atom stereocenters. The molecule has 0 saturated carbocycles. The summed E-state index contributed by atoms with van der Waals surface area (Å²) in [7, 11) is 0. The lowest BCUT2D eigenvalue weighted by Crippen LogP contribution is -2.31. The molecule has 2 nitrogen and oxygen atoms in total. The van der Waals surface area contributed by atoms with Gasteiger partial charge in [0, 0.05) is 19.6 Å². The highest BCUT2D eigenvalue weighted by molar-refractivity contribution is 5.05. The molecule has 0 spiro atoms. The maximum absolute atomic E-state index is 9.76. The lowest BCUT2D eigenvalue weighted by Gasteiger charge is -2.21. The molecule has 2 heteroatoms. The molecule has 0 amide bonds. The molecule has 0 aliphatic rings. The maximum Gasteiger partial charge on any atom is 0.0639 e. The van der Waals surface area contributed by atoms with Crippen LogP contribution in [0.3, 0.4) is 0 Å². The van der Waals surface area contributed by atoms with Crippen molar-refractivity contribution in [3.05, 3.63) is 46.6 Å². The van der Waals surface area contributed by atoms with E-state index in [1.54, 1.807) is 0 Å². The smallest absolute Gasteiger partial charge is 0.0639 e. The monoisotopic (exact) mass is 347 g/mol. The van der Waals surface area contributed by atoms with Crippen molar-refractivity contribution in [3.8, 4) is 0 Å². The fourth-order valence-corrected chi connectivity index (χ4v) is 2.55. The summed E-state index contributed by atoms with van der Waals surface area (Å²) in [4.78, 5) is 2.32. The van der Waals surface area contributed by atoms with Crippen LogP contribution < -0.4 is 0 Å². The minimum atomic E-state index is -0.293. The second-order valence-corrected chi connectivity index (χ2v) is 7.81. The van der Waals surface area contributed by atoms with Crippen LogP contribution in [-0.4, -0.2) is 35.7 Å². The van der Waals surface area contributed by atoms with Crippen molar-refractivity contribution in [2.24, 2.45) is 0 Å². The zero-order chi connectivity index (χ0) is 19.2. The van der Waals surface area contributed by atoms with E-state index in [0.29, 0.717) is 0 Å². The number of allylic oxidation sites excluding steroid dienone is 6. The molecule has 0 aromatic heterocycles. The number of hydrogen-bond acceptors (Lipinski definition) is 2. The van der Waals surface area contributed by atoms with E-state index in [4.69, 9.17) is 0 Å². The Hall–Kier alpha value is -1.12.